The fraction of sp³-hybridized carbons (Fsp3) is 0.818. The first-order valence-electron chi connectivity index (χ1n) is 5.59. The van der Waals surface area contributed by atoms with Gasteiger partial charge in [-0.3, -0.25) is 0 Å². The van der Waals surface area contributed by atoms with Gasteiger partial charge in [-0.05, 0) is 50.8 Å². The summed E-state index contributed by atoms with van der Waals surface area (Å²) in [6, 6.07) is 0. The number of nitrogens with one attached hydrogen (secondary N) is 1. The second-order valence-electron chi connectivity index (χ2n) is 4.13. The number of hydrogen-bond donors (Lipinski definition) is 2. The van der Waals surface area contributed by atoms with E-state index in [1.165, 1.54) is 0 Å². The van der Waals surface area contributed by atoms with E-state index >= 15 is 0 Å². The van der Waals surface area contributed by atoms with Gasteiger partial charge in [0.25, 0.3) is 0 Å². The molecule has 1 saturated heterocycles. The van der Waals surface area contributed by atoms with Crippen molar-refractivity contribution in [2.24, 2.45) is 5.92 Å². The van der Waals surface area contributed by atoms with E-state index in [0.29, 0.717) is 5.92 Å². The molecule has 0 spiro atoms. The Kier molecular flexibility index (Phi) is 3.43. The summed E-state index contributed by atoms with van der Waals surface area (Å²) in [4.78, 5) is 0. The number of rotatable bonds is 2. The summed E-state index contributed by atoms with van der Waals surface area (Å²) in [7, 11) is 0. The molecule has 80 valence electrons. The van der Waals surface area contributed by atoms with E-state index in [0.717, 1.165) is 51.1 Å². The molecule has 2 rings (SSSR count). The van der Waals surface area contributed by atoms with Crippen LogP contribution < -0.4 is 5.32 Å². The van der Waals surface area contributed by atoms with Crippen LogP contribution in [0.5, 0.6) is 0 Å². The van der Waals surface area contributed by atoms with E-state index < -0.39 is 0 Å². The van der Waals surface area contributed by atoms with E-state index in [4.69, 9.17) is 4.74 Å². The molecule has 2 aliphatic heterocycles. The maximum absolute atomic E-state index is 10.1. The second-order valence-corrected chi connectivity index (χ2v) is 4.13. The highest BCUT2D eigenvalue weighted by molar-refractivity contribution is 5.04. The molecular formula is C11H19NO2. The fourth-order valence-corrected chi connectivity index (χ4v) is 2.18. The van der Waals surface area contributed by atoms with Gasteiger partial charge >= 0.3 is 0 Å². The summed E-state index contributed by atoms with van der Waals surface area (Å²) in [5.74, 6) is 1.21. The number of allylic oxidation sites excluding steroid dienone is 1. The van der Waals surface area contributed by atoms with Crippen molar-refractivity contribution in [1.82, 2.24) is 5.32 Å². The quantitative estimate of drug-likeness (QED) is 0.695. The average Bonchev–Trinajstić information content (AvgIpc) is 2.30. The molecule has 0 amide bonds. The fourth-order valence-electron chi connectivity index (χ4n) is 2.18. The zero-order valence-electron chi connectivity index (χ0n) is 8.54. The van der Waals surface area contributed by atoms with Gasteiger partial charge in [0.1, 0.15) is 11.9 Å². The zero-order chi connectivity index (χ0) is 9.80. The molecule has 14 heavy (non-hydrogen) atoms. The molecule has 0 bridgehead atoms. The smallest absolute Gasteiger partial charge is 0.121 e. The van der Waals surface area contributed by atoms with Crippen molar-refractivity contribution < 1.29 is 9.84 Å². The molecule has 0 aromatic rings. The van der Waals surface area contributed by atoms with Crippen LogP contribution in [0, 0.1) is 5.92 Å². The second kappa shape index (κ2) is 4.80. The van der Waals surface area contributed by atoms with Crippen molar-refractivity contribution >= 4 is 0 Å². The minimum absolute atomic E-state index is 0.364. The van der Waals surface area contributed by atoms with E-state index in [1.807, 2.05) is 0 Å². The zero-order valence-corrected chi connectivity index (χ0v) is 8.54. The van der Waals surface area contributed by atoms with Gasteiger partial charge in [0, 0.05) is 0 Å². The van der Waals surface area contributed by atoms with Crippen molar-refractivity contribution in [3.05, 3.63) is 11.8 Å². The van der Waals surface area contributed by atoms with Crippen molar-refractivity contribution in [2.45, 2.75) is 31.8 Å². The predicted octanol–water partition coefficient (Wildman–Crippen LogP) is 1.04. The summed E-state index contributed by atoms with van der Waals surface area (Å²) in [5.41, 5.74) is 0. The maximum atomic E-state index is 10.1. The van der Waals surface area contributed by atoms with Crippen LogP contribution in [-0.2, 0) is 4.74 Å². The summed E-state index contributed by atoms with van der Waals surface area (Å²) < 4.78 is 5.48. The molecular weight excluding hydrogens is 178 g/mol. The summed E-state index contributed by atoms with van der Waals surface area (Å²) >= 11 is 0. The van der Waals surface area contributed by atoms with E-state index in [9.17, 15) is 5.11 Å². The van der Waals surface area contributed by atoms with Crippen LogP contribution in [0.15, 0.2) is 11.8 Å². The average molecular weight is 197 g/mol. The Morgan fingerprint density at radius 3 is 2.86 bits per heavy atom. The Hall–Kier alpha value is -0.540. The minimum atomic E-state index is -0.364. The molecule has 0 radical (unpaired) electrons. The van der Waals surface area contributed by atoms with Crippen molar-refractivity contribution in [3.8, 4) is 0 Å². The Balaban J connectivity index is 1.91. The molecule has 0 aromatic carbocycles. The maximum Gasteiger partial charge on any atom is 0.121 e. The Morgan fingerprint density at radius 2 is 2.21 bits per heavy atom. The third-order valence-corrected chi connectivity index (χ3v) is 3.08. The Morgan fingerprint density at radius 1 is 1.43 bits per heavy atom. The standard InChI is InChI=1S/C11H19NO2/c13-11(9-4-6-12-7-5-9)10-3-1-2-8-14-10/h3,9,11-13H,1-2,4-8H2. The monoisotopic (exact) mass is 197 g/mol. The number of aliphatic hydroxyl groups is 1. The molecule has 0 aromatic heterocycles. The van der Waals surface area contributed by atoms with Gasteiger partial charge in [-0.1, -0.05) is 0 Å². The minimum Gasteiger partial charge on any atom is -0.495 e. The lowest BCUT2D eigenvalue weighted by Gasteiger charge is -2.29. The number of aliphatic hydroxyl groups excluding tert-OH is 1. The van der Waals surface area contributed by atoms with Crippen LogP contribution in [0.4, 0.5) is 0 Å². The lowest BCUT2D eigenvalue weighted by atomic mass is 9.90. The van der Waals surface area contributed by atoms with Crippen LogP contribution in [0.1, 0.15) is 25.7 Å². The lowest BCUT2D eigenvalue weighted by molar-refractivity contribution is 0.0448. The molecule has 2 heterocycles. The molecule has 0 saturated carbocycles. The van der Waals surface area contributed by atoms with Gasteiger partial charge < -0.3 is 15.2 Å². The highest BCUT2D eigenvalue weighted by Crippen LogP contribution is 2.24. The molecule has 2 N–H and O–H groups in total. The van der Waals surface area contributed by atoms with E-state index in [1.54, 1.807) is 0 Å². The van der Waals surface area contributed by atoms with Crippen LogP contribution in [0.3, 0.4) is 0 Å². The summed E-state index contributed by atoms with van der Waals surface area (Å²) in [6.07, 6.45) is 5.94. The lowest BCUT2D eigenvalue weighted by Crippen LogP contribution is -2.35. The molecule has 2 aliphatic rings. The number of piperidine rings is 1. The largest absolute Gasteiger partial charge is 0.495 e. The molecule has 1 unspecified atom stereocenters. The first-order chi connectivity index (χ1) is 6.88. The van der Waals surface area contributed by atoms with Gasteiger partial charge in [0.05, 0.1) is 6.61 Å². The molecule has 3 nitrogen and oxygen atoms in total. The van der Waals surface area contributed by atoms with Crippen molar-refractivity contribution in [2.75, 3.05) is 19.7 Å². The summed E-state index contributed by atoms with van der Waals surface area (Å²) in [6.45, 7) is 2.82. The van der Waals surface area contributed by atoms with E-state index in [2.05, 4.69) is 11.4 Å². The first kappa shape index (κ1) is 9.99. The predicted molar refractivity (Wildman–Crippen MR) is 54.9 cm³/mol. The molecule has 3 heteroatoms. The van der Waals surface area contributed by atoms with Crippen LogP contribution in [0.2, 0.25) is 0 Å². The topological polar surface area (TPSA) is 41.5 Å². The van der Waals surface area contributed by atoms with Gasteiger partial charge in [0.15, 0.2) is 0 Å². The first-order valence-corrected chi connectivity index (χ1v) is 5.59. The number of hydrogen-bond acceptors (Lipinski definition) is 3. The molecule has 1 atom stereocenters. The van der Waals surface area contributed by atoms with Crippen LogP contribution in [-0.4, -0.2) is 30.9 Å². The normalized spacial score (nSPS) is 26.5. The highest BCUT2D eigenvalue weighted by Gasteiger charge is 2.26. The van der Waals surface area contributed by atoms with Crippen molar-refractivity contribution in [1.29, 1.82) is 0 Å². The van der Waals surface area contributed by atoms with Gasteiger partial charge in [-0.25, -0.2) is 0 Å². The Bertz CT molecular complexity index is 209. The molecule has 1 fully saturated rings. The van der Waals surface area contributed by atoms with Crippen LogP contribution in [0.25, 0.3) is 0 Å². The van der Waals surface area contributed by atoms with E-state index in [-0.39, 0.29) is 6.10 Å². The summed E-state index contributed by atoms with van der Waals surface area (Å²) in [5, 5.41) is 13.4. The third kappa shape index (κ3) is 2.28. The van der Waals surface area contributed by atoms with Gasteiger partial charge in [-0.15, -0.1) is 0 Å². The molecule has 0 aliphatic carbocycles. The third-order valence-electron chi connectivity index (χ3n) is 3.08. The highest BCUT2D eigenvalue weighted by atomic mass is 16.5. The number of ether oxygens (including phenoxy) is 1. The SMILES string of the molecule is OC(C1=CCCCO1)C1CCNCC1. The Labute approximate surface area is 85.1 Å². The van der Waals surface area contributed by atoms with Gasteiger partial charge in [0.2, 0.25) is 0 Å². The van der Waals surface area contributed by atoms with Crippen LogP contribution >= 0.6 is 0 Å². The van der Waals surface area contributed by atoms with Gasteiger partial charge in [-0.2, -0.15) is 0 Å². The van der Waals surface area contributed by atoms with Crippen molar-refractivity contribution in [3.63, 3.8) is 0 Å².